The predicted molar refractivity (Wildman–Crippen MR) is 58.8 cm³/mol. The van der Waals surface area contributed by atoms with Gasteiger partial charge in [0.1, 0.15) is 5.37 Å². The maximum absolute atomic E-state index is 10.2. The summed E-state index contributed by atoms with van der Waals surface area (Å²) in [5.74, 6) is -0.731. The average Bonchev–Trinajstić information content (AvgIpc) is 2.02. The molecule has 0 radical (unpaired) electrons. The summed E-state index contributed by atoms with van der Waals surface area (Å²) in [7, 11) is -4.02. The molecule has 0 aliphatic carbocycles. The van der Waals surface area contributed by atoms with Crippen LogP contribution >= 0.6 is 0 Å². The molecule has 8 N–H and O–H groups in total. The number of amides is 1. The first-order valence-electron chi connectivity index (χ1n) is 3.76. The maximum Gasteiger partial charge on any atom is 0.281 e. The molecule has 0 aliphatic rings. The summed E-state index contributed by atoms with van der Waals surface area (Å²) in [5.41, 5.74) is 9.59. The fourth-order valence-electron chi connectivity index (χ4n) is 0.344. The molecule has 1 amide bonds. The van der Waals surface area contributed by atoms with Crippen LogP contribution in [0.4, 0.5) is 0 Å². The highest BCUT2D eigenvalue weighted by Crippen LogP contribution is 2.03. The van der Waals surface area contributed by atoms with Crippen LogP contribution in [0.1, 0.15) is 13.8 Å². The molecule has 0 aromatic heterocycles. The van der Waals surface area contributed by atoms with Crippen molar-refractivity contribution in [3.8, 4) is 0 Å². The van der Waals surface area contributed by atoms with Gasteiger partial charge in [0.25, 0.3) is 10.1 Å². The molecule has 0 bridgehead atoms. The molecule has 0 aromatic rings. The van der Waals surface area contributed by atoms with Gasteiger partial charge in [0.05, 0.1) is 0 Å². The van der Waals surface area contributed by atoms with E-state index in [4.69, 9.17) is 10.3 Å². The second-order valence-corrected chi connectivity index (χ2v) is 4.40. The molecule has 0 aliphatic heterocycles. The van der Waals surface area contributed by atoms with Crippen molar-refractivity contribution in [2.24, 2.45) is 17.4 Å². The van der Waals surface area contributed by atoms with E-state index < -0.39 is 21.4 Å². The van der Waals surface area contributed by atoms with E-state index in [1.807, 2.05) is 0 Å². The molecule has 0 spiro atoms. The van der Waals surface area contributed by atoms with Crippen LogP contribution in [0, 0.1) is 5.92 Å². The second-order valence-electron chi connectivity index (χ2n) is 2.83. The van der Waals surface area contributed by atoms with Gasteiger partial charge in [0.2, 0.25) is 5.91 Å². The van der Waals surface area contributed by atoms with E-state index in [2.05, 4.69) is 12.3 Å². The summed E-state index contributed by atoms with van der Waals surface area (Å²) in [6.45, 7) is 6.33. The molecule has 92 valence electrons. The summed E-state index contributed by atoms with van der Waals surface area (Å²) in [5, 5.41) is -1.16. The molecule has 1 unspecified atom stereocenters. The van der Waals surface area contributed by atoms with E-state index >= 15 is 0 Å². The van der Waals surface area contributed by atoms with Crippen LogP contribution in [0.5, 0.6) is 0 Å². The predicted octanol–water partition coefficient (Wildman–Crippen LogP) is -0.365. The number of hydrogen-bond donors (Lipinski definition) is 4. The lowest BCUT2D eigenvalue weighted by Gasteiger charge is -2.10. The van der Waals surface area contributed by atoms with Gasteiger partial charge in [0.15, 0.2) is 0 Å². The average molecular weight is 241 g/mol. The van der Waals surface area contributed by atoms with Crippen molar-refractivity contribution in [3.05, 3.63) is 12.7 Å². The molecule has 0 saturated carbocycles. The highest BCUT2D eigenvalue weighted by atomic mass is 32.2. The van der Waals surface area contributed by atoms with E-state index in [9.17, 15) is 13.2 Å². The van der Waals surface area contributed by atoms with Gasteiger partial charge >= 0.3 is 0 Å². The van der Waals surface area contributed by atoms with Crippen LogP contribution in [0.3, 0.4) is 0 Å². The Morgan fingerprint density at radius 1 is 1.47 bits per heavy atom. The van der Waals surface area contributed by atoms with Gasteiger partial charge in [-0.15, -0.1) is 0 Å². The Bertz CT molecular complexity index is 287. The minimum Gasteiger partial charge on any atom is -0.366 e. The van der Waals surface area contributed by atoms with Crippen molar-refractivity contribution in [1.29, 1.82) is 0 Å². The molecular weight excluding hydrogens is 222 g/mol. The number of hydrogen-bond acceptors (Lipinski definition) is 5. The van der Waals surface area contributed by atoms with Crippen LogP contribution < -0.4 is 17.6 Å². The first kappa shape index (κ1) is 19.6. The summed E-state index contributed by atoms with van der Waals surface area (Å²) in [4.78, 5) is 9.47. The lowest BCUT2D eigenvalue weighted by molar-refractivity contribution is -0.113. The first-order chi connectivity index (χ1) is 6.12. The quantitative estimate of drug-likeness (QED) is 0.390. The van der Waals surface area contributed by atoms with Crippen LogP contribution in [0.15, 0.2) is 12.7 Å². The van der Waals surface area contributed by atoms with Gasteiger partial charge in [-0.3, -0.25) is 9.35 Å². The SMILES string of the molecule is C=CC(N)=O.CC(C)C(N)S(=O)(=O)O.N. The van der Waals surface area contributed by atoms with Crippen LogP contribution in [0.25, 0.3) is 0 Å². The van der Waals surface area contributed by atoms with Crippen LogP contribution in [0.2, 0.25) is 0 Å². The van der Waals surface area contributed by atoms with E-state index in [0.29, 0.717) is 0 Å². The third kappa shape index (κ3) is 13.0. The minimum atomic E-state index is -4.02. The lowest BCUT2D eigenvalue weighted by Crippen LogP contribution is -2.34. The highest BCUT2D eigenvalue weighted by molar-refractivity contribution is 7.86. The van der Waals surface area contributed by atoms with Crippen molar-refractivity contribution in [2.45, 2.75) is 19.2 Å². The van der Waals surface area contributed by atoms with Gasteiger partial charge in [-0.25, -0.2) is 0 Å². The zero-order valence-corrected chi connectivity index (χ0v) is 9.70. The molecule has 0 fully saturated rings. The first-order valence-corrected chi connectivity index (χ1v) is 5.27. The number of primary amides is 1. The monoisotopic (exact) mass is 241 g/mol. The maximum atomic E-state index is 10.2. The van der Waals surface area contributed by atoms with E-state index in [1.54, 1.807) is 13.8 Å². The van der Waals surface area contributed by atoms with Crippen molar-refractivity contribution < 1.29 is 17.8 Å². The number of rotatable bonds is 3. The highest BCUT2D eigenvalue weighted by Gasteiger charge is 2.20. The molecule has 0 rings (SSSR count). The fourth-order valence-corrected chi connectivity index (χ4v) is 1.03. The van der Waals surface area contributed by atoms with Crippen LogP contribution in [-0.4, -0.2) is 24.3 Å². The number of carbonyl (C=O) groups excluding carboxylic acids is 1. The molecule has 7 nitrogen and oxygen atoms in total. The standard InChI is InChI=1S/C4H11NO3S.C3H5NO.H3N/c1-3(2)4(5)9(6,7)8;1-2-3(4)5;/h3-4H,5H2,1-2H3,(H,6,7,8);2H,1H2,(H2,4,5);1H3. The Kier molecular flexibility index (Phi) is 10.9. The Labute approximate surface area is 89.9 Å². The number of nitrogens with two attached hydrogens (primary N) is 2. The van der Waals surface area contributed by atoms with E-state index in [1.165, 1.54) is 0 Å². The smallest absolute Gasteiger partial charge is 0.281 e. The summed E-state index contributed by atoms with van der Waals surface area (Å²) in [6, 6.07) is 0. The zero-order valence-electron chi connectivity index (χ0n) is 8.88. The van der Waals surface area contributed by atoms with Gasteiger partial charge in [-0.1, -0.05) is 20.4 Å². The summed E-state index contributed by atoms with van der Waals surface area (Å²) >= 11 is 0. The van der Waals surface area contributed by atoms with Crippen LogP contribution in [-0.2, 0) is 14.9 Å². The molecule has 8 heteroatoms. The largest absolute Gasteiger partial charge is 0.366 e. The molecule has 0 saturated heterocycles. The molecular formula is C7H19N3O4S. The third-order valence-electron chi connectivity index (χ3n) is 1.20. The zero-order chi connectivity index (χ0) is 11.9. The summed E-state index contributed by atoms with van der Waals surface area (Å²) in [6.07, 6.45) is 1.06. The second kappa shape index (κ2) is 8.36. The Hall–Kier alpha value is -0.960. The molecule has 0 aromatic carbocycles. The summed E-state index contributed by atoms with van der Waals surface area (Å²) < 4.78 is 28.7. The Morgan fingerprint density at radius 2 is 1.73 bits per heavy atom. The van der Waals surface area contributed by atoms with Gasteiger partial charge < -0.3 is 17.6 Å². The van der Waals surface area contributed by atoms with E-state index in [0.717, 1.165) is 6.08 Å². The topological polar surface area (TPSA) is 158 Å². The Morgan fingerprint density at radius 3 is 1.73 bits per heavy atom. The van der Waals surface area contributed by atoms with E-state index in [-0.39, 0.29) is 12.1 Å². The van der Waals surface area contributed by atoms with Crippen molar-refractivity contribution in [3.63, 3.8) is 0 Å². The Balaban J connectivity index is -0.000000208. The minimum absolute atomic E-state index is 0. The van der Waals surface area contributed by atoms with Gasteiger partial charge in [-0.05, 0) is 12.0 Å². The third-order valence-corrected chi connectivity index (χ3v) is 2.43. The molecule has 15 heavy (non-hydrogen) atoms. The van der Waals surface area contributed by atoms with Crippen molar-refractivity contribution in [2.75, 3.05) is 0 Å². The molecule has 0 heterocycles. The normalized spacial score (nSPS) is 11.8. The van der Waals surface area contributed by atoms with Gasteiger partial charge in [0, 0.05) is 0 Å². The fraction of sp³-hybridized carbons (Fsp3) is 0.571. The molecule has 1 atom stereocenters. The van der Waals surface area contributed by atoms with Gasteiger partial charge in [-0.2, -0.15) is 8.42 Å². The number of carbonyl (C=O) groups is 1. The van der Waals surface area contributed by atoms with Crippen molar-refractivity contribution in [1.82, 2.24) is 6.15 Å². The lowest BCUT2D eigenvalue weighted by atomic mass is 10.2. The van der Waals surface area contributed by atoms with Crippen molar-refractivity contribution >= 4 is 16.0 Å².